The van der Waals surface area contributed by atoms with Gasteiger partial charge in [0.05, 0.1) is 0 Å². The fourth-order valence-corrected chi connectivity index (χ4v) is 1.80. The van der Waals surface area contributed by atoms with Gasteiger partial charge >= 0.3 is 0 Å². The highest BCUT2D eigenvalue weighted by Gasteiger charge is 2.14. The summed E-state index contributed by atoms with van der Waals surface area (Å²) in [5.41, 5.74) is 0. The maximum absolute atomic E-state index is 3.78. The second kappa shape index (κ2) is 8.07. The number of rotatable bonds is 5. The van der Waals surface area contributed by atoms with Gasteiger partial charge < -0.3 is 5.32 Å². The molecule has 2 atom stereocenters. The topological polar surface area (TPSA) is 12.0 Å². The Hall–Kier alpha value is -0.270. The van der Waals surface area contributed by atoms with E-state index in [1.54, 1.807) is 0 Å². The molecule has 0 saturated heterocycles. The van der Waals surface area contributed by atoms with Gasteiger partial charge in [0, 0.05) is 12.1 Å². The van der Waals surface area contributed by atoms with Crippen molar-refractivity contribution in [3.05, 3.63) is 24.8 Å². The second-order valence-corrected chi connectivity index (χ2v) is 3.80. The Morgan fingerprint density at radius 2 is 2.36 bits per heavy atom. The summed E-state index contributed by atoms with van der Waals surface area (Å²) < 4.78 is 0. The van der Waals surface area contributed by atoms with Crippen molar-refractivity contribution in [3.63, 3.8) is 0 Å². The fraction of sp³-hybridized carbons (Fsp3) is 0.667. The fourth-order valence-electron chi connectivity index (χ4n) is 1.80. The van der Waals surface area contributed by atoms with E-state index in [1.165, 1.54) is 19.3 Å². The molecule has 0 saturated carbocycles. The van der Waals surface area contributed by atoms with Crippen LogP contribution in [0.5, 0.6) is 0 Å². The molecule has 0 radical (unpaired) electrons. The second-order valence-electron chi connectivity index (χ2n) is 3.80. The zero-order valence-electron chi connectivity index (χ0n) is 9.04. The van der Waals surface area contributed by atoms with E-state index in [1.807, 2.05) is 6.08 Å². The SMILES string of the molecule is C=CC[C@H]1CC=C[C@H](CCCC)N1.Cl. The summed E-state index contributed by atoms with van der Waals surface area (Å²) in [4.78, 5) is 0. The van der Waals surface area contributed by atoms with Gasteiger partial charge in [-0.15, -0.1) is 19.0 Å². The van der Waals surface area contributed by atoms with Gasteiger partial charge in [-0.25, -0.2) is 0 Å². The van der Waals surface area contributed by atoms with Crippen LogP contribution >= 0.6 is 12.4 Å². The average Bonchev–Trinajstić information content (AvgIpc) is 2.16. The predicted molar refractivity (Wildman–Crippen MR) is 66.1 cm³/mol. The molecule has 0 aromatic heterocycles. The molecule has 1 nitrogen and oxygen atoms in total. The first-order valence-electron chi connectivity index (χ1n) is 5.40. The molecule has 0 amide bonds. The molecule has 0 aliphatic carbocycles. The molecule has 2 heteroatoms. The molecule has 1 N–H and O–H groups in total. The van der Waals surface area contributed by atoms with E-state index in [-0.39, 0.29) is 12.4 Å². The number of hydrogen-bond donors (Lipinski definition) is 1. The molecule has 14 heavy (non-hydrogen) atoms. The summed E-state index contributed by atoms with van der Waals surface area (Å²) in [6, 6.07) is 1.24. The minimum absolute atomic E-state index is 0. The quantitative estimate of drug-likeness (QED) is 0.693. The maximum Gasteiger partial charge on any atom is 0.0252 e. The van der Waals surface area contributed by atoms with Crippen LogP contribution in [-0.4, -0.2) is 12.1 Å². The number of nitrogens with one attached hydrogen (secondary N) is 1. The normalized spacial score (nSPS) is 25.5. The minimum Gasteiger partial charge on any atom is -0.307 e. The van der Waals surface area contributed by atoms with Crippen LogP contribution in [0, 0.1) is 0 Å². The van der Waals surface area contributed by atoms with Crippen molar-refractivity contribution in [1.82, 2.24) is 5.32 Å². The van der Waals surface area contributed by atoms with Gasteiger partial charge in [-0.05, 0) is 19.3 Å². The minimum atomic E-state index is 0. The van der Waals surface area contributed by atoms with Crippen LogP contribution in [0.3, 0.4) is 0 Å². The monoisotopic (exact) mass is 215 g/mol. The Morgan fingerprint density at radius 1 is 1.57 bits per heavy atom. The third kappa shape index (κ3) is 4.83. The number of halogens is 1. The van der Waals surface area contributed by atoms with Crippen molar-refractivity contribution in [2.24, 2.45) is 0 Å². The molecule has 0 unspecified atom stereocenters. The van der Waals surface area contributed by atoms with E-state index < -0.39 is 0 Å². The highest BCUT2D eigenvalue weighted by atomic mass is 35.5. The predicted octanol–water partition coefficient (Wildman–Crippen LogP) is 3.46. The summed E-state index contributed by atoms with van der Waals surface area (Å²) >= 11 is 0. The van der Waals surface area contributed by atoms with Crippen molar-refractivity contribution >= 4 is 12.4 Å². The third-order valence-electron chi connectivity index (χ3n) is 2.56. The van der Waals surface area contributed by atoms with Crippen LogP contribution in [0.25, 0.3) is 0 Å². The summed E-state index contributed by atoms with van der Waals surface area (Å²) in [5, 5.41) is 3.63. The molecule has 0 aromatic rings. The molecule has 1 rings (SSSR count). The molecular weight excluding hydrogens is 194 g/mol. The summed E-state index contributed by atoms with van der Waals surface area (Å²) in [6.07, 6.45) is 12.8. The summed E-state index contributed by atoms with van der Waals surface area (Å²) in [7, 11) is 0. The first-order valence-corrected chi connectivity index (χ1v) is 5.40. The van der Waals surface area contributed by atoms with Crippen molar-refractivity contribution < 1.29 is 0 Å². The van der Waals surface area contributed by atoms with Crippen LogP contribution in [0.2, 0.25) is 0 Å². The summed E-state index contributed by atoms with van der Waals surface area (Å²) in [6.45, 7) is 6.02. The Kier molecular flexibility index (Phi) is 7.92. The van der Waals surface area contributed by atoms with Crippen LogP contribution in [-0.2, 0) is 0 Å². The molecule has 1 aliphatic heterocycles. The summed E-state index contributed by atoms with van der Waals surface area (Å²) in [5.74, 6) is 0. The van der Waals surface area contributed by atoms with Crippen LogP contribution in [0.4, 0.5) is 0 Å². The van der Waals surface area contributed by atoms with Crippen molar-refractivity contribution in [3.8, 4) is 0 Å². The standard InChI is InChI=1S/C12H21N.ClH/c1-3-5-8-12-10-6-9-11(13-12)7-4-2;/h4,6,10-13H,2-3,5,7-9H2,1H3;1H/t11-,12-;/m0./s1. The van der Waals surface area contributed by atoms with Gasteiger partial charge in [-0.2, -0.15) is 0 Å². The van der Waals surface area contributed by atoms with Gasteiger partial charge in [-0.1, -0.05) is 38.0 Å². The molecule has 0 bridgehead atoms. The number of unbranched alkanes of at least 4 members (excludes halogenated alkanes) is 1. The van der Waals surface area contributed by atoms with Crippen molar-refractivity contribution in [2.45, 2.75) is 51.1 Å². The lowest BCUT2D eigenvalue weighted by Crippen LogP contribution is -2.39. The Morgan fingerprint density at radius 3 is 3.00 bits per heavy atom. The van der Waals surface area contributed by atoms with E-state index >= 15 is 0 Å². The Bertz CT molecular complexity index is 177. The molecule has 0 spiro atoms. The van der Waals surface area contributed by atoms with Gasteiger partial charge in [0.2, 0.25) is 0 Å². The zero-order valence-corrected chi connectivity index (χ0v) is 9.85. The first kappa shape index (κ1) is 13.7. The lowest BCUT2D eigenvalue weighted by molar-refractivity contribution is 0.429. The average molecular weight is 216 g/mol. The molecule has 82 valence electrons. The molecule has 1 heterocycles. The molecule has 0 aromatic carbocycles. The highest BCUT2D eigenvalue weighted by molar-refractivity contribution is 5.85. The molecular formula is C12H22ClN. The van der Waals surface area contributed by atoms with E-state index in [4.69, 9.17) is 0 Å². The Balaban J connectivity index is 0.00000169. The van der Waals surface area contributed by atoms with Gasteiger partial charge in [0.25, 0.3) is 0 Å². The van der Waals surface area contributed by atoms with Gasteiger partial charge in [0.1, 0.15) is 0 Å². The maximum atomic E-state index is 3.78. The molecule has 1 aliphatic rings. The lowest BCUT2D eigenvalue weighted by atomic mass is 10.00. The zero-order chi connectivity index (χ0) is 9.52. The van der Waals surface area contributed by atoms with E-state index in [0.29, 0.717) is 12.1 Å². The van der Waals surface area contributed by atoms with Crippen LogP contribution in [0.1, 0.15) is 39.0 Å². The highest BCUT2D eigenvalue weighted by Crippen LogP contribution is 2.12. The molecule has 0 fully saturated rings. The van der Waals surface area contributed by atoms with Crippen LogP contribution < -0.4 is 5.32 Å². The van der Waals surface area contributed by atoms with Crippen molar-refractivity contribution in [2.75, 3.05) is 0 Å². The van der Waals surface area contributed by atoms with E-state index in [9.17, 15) is 0 Å². The largest absolute Gasteiger partial charge is 0.307 e. The van der Waals surface area contributed by atoms with Gasteiger partial charge in [0.15, 0.2) is 0 Å². The lowest BCUT2D eigenvalue weighted by Gasteiger charge is -2.26. The van der Waals surface area contributed by atoms with Crippen LogP contribution in [0.15, 0.2) is 24.8 Å². The smallest absolute Gasteiger partial charge is 0.0252 e. The Labute approximate surface area is 94.1 Å². The van der Waals surface area contributed by atoms with Gasteiger partial charge in [-0.3, -0.25) is 0 Å². The third-order valence-corrected chi connectivity index (χ3v) is 2.56. The van der Waals surface area contributed by atoms with E-state index in [0.717, 1.165) is 12.8 Å². The van der Waals surface area contributed by atoms with E-state index in [2.05, 4.69) is 31.0 Å². The number of hydrogen-bond acceptors (Lipinski definition) is 1. The first-order chi connectivity index (χ1) is 6.36. The van der Waals surface area contributed by atoms with Crippen molar-refractivity contribution in [1.29, 1.82) is 0 Å².